The maximum Gasteiger partial charge on any atom is 0.408 e. The molecule has 1 aromatic rings. The number of aliphatic hydroxyl groups is 2. The van der Waals surface area contributed by atoms with Crippen LogP contribution in [0.4, 0.5) is 4.79 Å². The van der Waals surface area contributed by atoms with Crippen LogP contribution in [0, 0.1) is 0 Å². The molecule has 32 heavy (non-hydrogen) atoms. The van der Waals surface area contributed by atoms with Crippen LogP contribution in [0.5, 0.6) is 0 Å². The van der Waals surface area contributed by atoms with Crippen LogP contribution in [0.25, 0.3) is 0 Å². The molecule has 0 saturated carbocycles. The van der Waals surface area contributed by atoms with E-state index in [0.29, 0.717) is 0 Å². The van der Waals surface area contributed by atoms with Crippen molar-refractivity contribution in [2.75, 3.05) is 0 Å². The van der Waals surface area contributed by atoms with Gasteiger partial charge >= 0.3 is 17.8 Å². The van der Waals surface area contributed by atoms with Gasteiger partial charge < -0.3 is 35.4 Å². The molecule has 14 heteroatoms. The van der Waals surface area contributed by atoms with Crippen LogP contribution in [-0.2, 0) is 19.1 Å². The first-order chi connectivity index (χ1) is 14.8. The van der Waals surface area contributed by atoms with Crippen molar-refractivity contribution in [2.45, 2.75) is 69.9 Å². The molecule has 2 amide bonds. The molecule has 2 rings (SSSR count). The standard InChI is InChI=1S/C18H26N4O10/c1-18(2,3)32-17(30)19-8(4-5-10(24)25)13(28)21-14-11(26)12(27)15(31-14)22-7-6-9(23)20-16(22)29/h6-8,11-12,14-15,26-27H,4-5H2,1-3H3,(H,19,30)(H,21,28)(H,24,25)(H,20,23,29)/t8?,11-,12?,14+,15-/m1/s1. The van der Waals surface area contributed by atoms with E-state index in [4.69, 9.17) is 14.6 Å². The van der Waals surface area contributed by atoms with Crippen LogP contribution >= 0.6 is 0 Å². The van der Waals surface area contributed by atoms with Gasteiger partial charge in [-0.05, 0) is 27.2 Å². The number of H-pyrrole nitrogens is 1. The zero-order valence-electron chi connectivity index (χ0n) is 17.6. The van der Waals surface area contributed by atoms with E-state index in [0.717, 1.165) is 16.8 Å². The second-order valence-corrected chi connectivity index (χ2v) is 8.09. The average molecular weight is 458 g/mol. The predicted octanol–water partition coefficient (Wildman–Crippen LogP) is -2.01. The summed E-state index contributed by atoms with van der Waals surface area (Å²) in [5, 5.41) is 33.9. The van der Waals surface area contributed by atoms with Gasteiger partial charge in [0.25, 0.3) is 5.56 Å². The van der Waals surface area contributed by atoms with Gasteiger partial charge in [0.2, 0.25) is 5.91 Å². The van der Waals surface area contributed by atoms with Gasteiger partial charge in [0, 0.05) is 18.7 Å². The van der Waals surface area contributed by atoms with E-state index < -0.39 is 71.9 Å². The van der Waals surface area contributed by atoms with Gasteiger partial charge in [-0.15, -0.1) is 0 Å². The van der Waals surface area contributed by atoms with Crippen LogP contribution in [0.1, 0.15) is 39.8 Å². The minimum Gasteiger partial charge on any atom is -0.481 e. The Morgan fingerprint density at radius 3 is 2.47 bits per heavy atom. The number of carboxylic acid groups (broad SMARTS) is 1. The van der Waals surface area contributed by atoms with E-state index in [-0.39, 0.29) is 6.42 Å². The van der Waals surface area contributed by atoms with E-state index in [2.05, 4.69) is 10.6 Å². The molecule has 0 bridgehead atoms. The molecule has 1 fully saturated rings. The van der Waals surface area contributed by atoms with E-state index in [9.17, 15) is 34.2 Å². The van der Waals surface area contributed by atoms with Crippen LogP contribution in [0.15, 0.2) is 21.9 Å². The summed E-state index contributed by atoms with van der Waals surface area (Å²) in [6, 6.07) is -0.355. The molecule has 0 radical (unpaired) electrons. The number of hydrogen-bond donors (Lipinski definition) is 6. The lowest BCUT2D eigenvalue weighted by atomic mass is 10.1. The largest absolute Gasteiger partial charge is 0.481 e. The summed E-state index contributed by atoms with van der Waals surface area (Å²) >= 11 is 0. The molecule has 1 aliphatic heterocycles. The highest BCUT2D eigenvalue weighted by molar-refractivity contribution is 5.86. The van der Waals surface area contributed by atoms with Gasteiger partial charge in [-0.3, -0.25) is 23.9 Å². The topological polar surface area (TPSA) is 209 Å². The zero-order chi connectivity index (χ0) is 24.2. The minimum absolute atomic E-state index is 0.297. The number of aromatic nitrogens is 2. The first-order valence-electron chi connectivity index (χ1n) is 9.63. The molecule has 14 nitrogen and oxygen atoms in total. The average Bonchev–Trinajstić information content (AvgIpc) is 2.92. The van der Waals surface area contributed by atoms with Crippen molar-refractivity contribution >= 4 is 18.0 Å². The summed E-state index contributed by atoms with van der Waals surface area (Å²) in [5.74, 6) is -2.12. The number of alkyl carbamates (subject to hydrolysis) is 1. The third kappa shape index (κ3) is 6.63. The molecular formula is C18H26N4O10. The number of aliphatic carboxylic acids is 1. The first-order valence-corrected chi connectivity index (χ1v) is 9.63. The van der Waals surface area contributed by atoms with E-state index >= 15 is 0 Å². The van der Waals surface area contributed by atoms with Gasteiger partial charge in [0.05, 0.1) is 0 Å². The summed E-state index contributed by atoms with van der Waals surface area (Å²) < 4.78 is 11.3. The number of hydrogen-bond acceptors (Lipinski definition) is 9. The number of amides is 2. The minimum atomic E-state index is -1.68. The first kappa shape index (κ1) is 25.0. The molecular weight excluding hydrogens is 432 g/mol. The number of carbonyl (C=O) groups is 3. The SMILES string of the molecule is CC(C)(C)OC(=O)NC(CCC(=O)O)C(=O)N[C@H]1O[C@@H](n2ccc(=O)[nH]c2=O)C(O)[C@H]1O. The Morgan fingerprint density at radius 1 is 1.25 bits per heavy atom. The molecule has 5 atom stereocenters. The van der Waals surface area contributed by atoms with Crippen molar-refractivity contribution < 1.29 is 39.2 Å². The third-order valence-corrected chi connectivity index (χ3v) is 4.30. The van der Waals surface area contributed by atoms with E-state index in [1.54, 1.807) is 20.8 Å². The Bertz CT molecular complexity index is 965. The quantitative estimate of drug-likeness (QED) is 0.264. The fourth-order valence-corrected chi connectivity index (χ4v) is 2.86. The summed E-state index contributed by atoms with van der Waals surface area (Å²) in [6.45, 7) is 4.80. The Morgan fingerprint density at radius 2 is 1.91 bits per heavy atom. The van der Waals surface area contributed by atoms with Gasteiger partial charge in [0.15, 0.2) is 12.5 Å². The maximum absolute atomic E-state index is 12.7. The molecule has 2 heterocycles. The molecule has 0 aliphatic carbocycles. The Balaban J connectivity index is 2.13. The third-order valence-electron chi connectivity index (χ3n) is 4.30. The highest BCUT2D eigenvalue weighted by Gasteiger charge is 2.45. The van der Waals surface area contributed by atoms with Gasteiger partial charge in [-0.2, -0.15) is 0 Å². The van der Waals surface area contributed by atoms with E-state index in [1.807, 2.05) is 4.98 Å². The summed E-state index contributed by atoms with van der Waals surface area (Å²) in [4.78, 5) is 60.7. The highest BCUT2D eigenvalue weighted by atomic mass is 16.6. The maximum atomic E-state index is 12.7. The van der Waals surface area contributed by atoms with Gasteiger partial charge in [-0.25, -0.2) is 9.59 Å². The van der Waals surface area contributed by atoms with Gasteiger partial charge in [-0.1, -0.05) is 0 Å². The molecule has 1 aliphatic rings. The number of ether oxygens (including phenoxy) is 2. The summed E-state index contributed by atoms with van der Waals surface area (Å²) in [5.41, 5.74) is -2.46. The van der Waals surface area contributed by atoms with Crippen molar-refractivity contribution in [2.24, 2.45) is 0 Å². The number of carboxylic acids is 1. The Labute approximate surface area is 181 Å². The Hall–Kier alpha value is -3.23. The van der Waals surface area contributed by atoms with Crippen LogP contribution in [0.2, 0.25) is 0 Å². The van der Waals surface area contributed by atoms with E-state index in [1.165, 1.54) is 0 Å². The lowest BCUT2D eigenvalue weighted by molar-refractivity contribution is -0.137. The molecule has 6 N–H and O–H groups in total. The van der Waals surface area contributed by atoms with Crippen molar-refractivity contribution in [1.82, 2.24) is 20.2 Å². The number of aromatic amines is 1. The summed E-state index contributed by atoms with van der Waals surface area (Å²) in [6.07, 6.45) is -6.94. The van der Waals surface area contributed by atoms with Crippen molar-refractivity contribution in [3.63, 3.8) is 0 Å². The van der Waals surface area contributed by atoms with Crippen LogP contribution < -0.4 is 21.9 Å². The lowest BCUT2D eigenvalue weighted by Crippen LogP contribution is -2.53. The lowest BCUT2D eigenvalue weighted by Gasteiger charge is -2.24. The number of aliphatic hydroxyl groups excluding tert-OH is 2. The van der Waals surface area contributed by atoms with Crippen LogP contribution in [-0.4, -0.2) is 72.9 Å². The number of rotatable bonds is 7. The van der Waals surface area contributed by atoms with Crippen LogP contribution in [0.3, 0.4) is 0 Å². The molecule has 1 saturated heterocycles. The molecule has 178 valence electrons. The van der Waals surface area contributed by atoms with Crippen molar-refractivity contribution in [3.05, 3.63) is 33.1 Å². The molecule has 2 unspecified atom stereocenters. The fraction of sp³-hybridized carbons (Fsp3) is 0.611. The molecule has 0 spiro atoms. The normalized spacial score (nSPS) is 23.9. The van der Waals surface area contributed by atoms with Crippen molar-refractivity contribution in [3.8, 4) is 0 Å². The zero-order valence-corrected chi connectivity index (χ0v) is 17.6. The number of nitrogens with zero attached hydrogens (tertiary/aromatic N) is 1. The Kier molecular flexibility index (Phi) is 7.77. The number of carbonyl (C=O) groups excluding carboxylic acids is 2. The molecule has 0 aromatic carbocycles. The second-order valence-electron chi connectivity index (χ2n) is 8.09. The predicted molar refractivity (Wildman–Crippen MR) is 105 cm³/mol. The smallest absolute Gasteiger partial charge is 0.408 e. The van der Waals surface area contributed by atoms with Crippen molar-refractivity contribution in [1.29, 1.82) is 0 Å². The second kappa shape index (κ2) is 9.93. The fourth-order valence-electron chi connectivity index (χ4n) is 2.86. The summed E-state index contributed by atoms with van der Waals surface area (Å²) in [7, 11) is 0. The highest BCUT2D eigenvalue weighted by Crippen LogP contribution is 2.27. The monoisotopic (exact) mass is 458 g/mol. The molecule has 1 aromatic heterocycles. The number of nitrogens with one attached hydrogen (secondary N) is 3. The van der Waals surface area contributed by atoms with Gasteiger partial charge in [0.1, 0.15) is 23.9 Å².